The van der Waals surface area contributed by atoms with E-state index in [1.54, 1.807) is 6.07 Å². The average molecular weight is 315 g/mol. The van der Waals surface area contributed by atoms with Gasteiger partial charge in [-0.25, -0.2) is 4.98 Å². The Kier molecular flexibility index (Phi) is 3.98. The number of nitrogens with one attached hydrogen (secondary N) is 1. The molecule has 0 spiro atoms. The predicted octanol–water partition coefficient (Wildman–Crippen LogP) is 3.10. The normalized spacial score (nSPS) is 26.7. The van der Waals surface area contributed by atoms with Crippen LogP contribution in [-0.2, 0) is 0 Å². The SMILES string of the molecule is CNc1nc(N2CC3CCCN3CC2C)c(Cl)cc1Cl. The third-order valence-corrected chi connectivity index (χ3v) is 4.92. The van der Waals surface area contributed by atoms with Gasteiger partial charge in [-0.05, 0) is 32.4 Å². The van der Waals surface area contributed by atoms with E-state index in [9.17, 15) is 0 Å². The van der Waals surface area contributed by atoms with Crippen LogP contribution in [0.5, 0.6) is 0 Å². The van der Waals surface area contributed by atoms with Crippen LogP contribution in [0.3, 0.4) is 0 Å². The molecular formula is C14H20Cl2N4. The van der Waals surface area contributed by atoms with Crippen molar-refractivity contribution >= 4 is 34.8 Å². The summed E-state index contributed by atoms with van der Waals surface area (Å²) in [6, 6.07) is 2.84. The summed E-state index contributed by atoms with van der Waals surface area (Å²) < 4.78 is 0. The van der Waals surface area contributed by atoms with Gasteiger partial charge in [-0.3, -0.25) is 4.90 Å². The lowest BCUT2D eigenvalue weighted by Crippen LogP contribution is -2.55. The van der Waals surface area contributed by atoms with Gasteiger partial charge in [0.1, 0.15) is 11.6 Å². The molecule has 2 aliphatic heterocycles. The molecule has 1 aromatic rings. The van der Waals surface area contributed by atoms with Gasteiger partial charge < -0.3 is 10.2 Å². The van der Waals surface area contributed by atoms with Crippen LogP contribution in [0.15, 0.2) is 6.07 Å². The summed E-state index contributed by atoms with van der Waals surface area (Å²) in [5.41, 5.74) is 0. The van der Waals surface area contributed by atoms with Crippen molar-refractivity contribution in [1.82, 2.24) is 9.88 Å². The topological polar surface area (TPSA) is 31.4 Å². The lowest BCUT2D eigenvalue weighted by molar-refractivity contribution is 0.202. The average Bonchev–Trinajstić information content (AvgIpc) is 2.85. The van der Waals surface area contributed by atoms with Crippen LogP contribution in [0, 0.1) is 0 Å². The highest BCUT2D eigenvalue weighted by Gasteiger charge is 2.35. The third-order valence-electron chi connectivity index (χ3n) is 4.36. The molecule has 0 aromatic carbocycles. The van der Waals surface area contributed by atoms with Gasteiger partial charge in [0.15, 0.2) is 0 Å². The molecule has 1 aromatic heterocycles. The Labute approximate surface area is 130 Å². The van der Waals surface area contributed by atoms with Crippen molar-refractivity contribution in [2.24, 2.45) is 0 Å². The molecule has 6 heteroatoms. The predicted molar refractivity (Wildman–Crippen MR) is 85.2 cm³/mol. The lowest BCUT2D eigenvalue weighted by Gasteiger charge is -2.43. The van der Waals surface area contributed by atoms with E-state index in [0.717, 1.165) is 18.9 Å². The van der Waals surface area contributed by atoms with E-state index in [2.05, 4.69) is 27.0 Å². The molecular weight excluding hydrogens is 295 g/mol. The second-order valence-corrected chi connectivity index (χ2v) is 6.48. The molecule has 110 valence electrons. The molecule has 4 nitrogen and oxygen atoms in total. The largest absolute Gasteiger partial charge is 0.372 e. The maximum absolute atomic E-state index is 6.37. The number of rotatable bonds is 2. The minimum Gasteiger partial charge on any atom is -0.372 e. The Morgan fingerprint density at radius 2 is 2.10 bits per heavy atom. The first-order chi connectivity index (χ1) is 9.60. The molecule has 2 saturated heterocycles. The first-order valence-electron chi connectivity index (χ1n) is 7.14. The minimum absolute atomic E-state index is 0.417. The van der Waals surface area contributed by atoms with Crippen LogP contribution in [0.25, 0.3) is 0 Å². The van der Waals surface area contributed by atoms with E-state index in [-0.39, 0.29) is 0 Å². The molecule has 3 rings (SSSR count). The number of anilines is 2. The number of fused-ring (bicyclic) bond motifs is 1. The van der Waals surface area contributed by atoms with E-state index in [4.69, 9.17) is 23.2 Å². The van der Waals surface area contributed by atoms with Gasteiger partial charge in [0.05, 0.1) is 10.0 Å². The summed E-state index contributed by atoms with van der Waals surface area (Å²) in [6.07, 6.45) is 2.57. The number of hydrogen-bond donors (Lipinski definition) is 1. The Balaban J connectivity index is 1.91. The number of halogens is 2. The molecule has 2 unspecified atom stereocenters. The molecule has 3 heterocycles. The second-order valence-electron chi connectivity index (χ2n) is 5.67. The number of hydrogen-bond acceptors (Lipinski definition) is 4. The summed E-state index contributed by atoms with van der Waals surface area (Å²) in [7, 11) is 1.82. The zero-order chi connectivity index (χ0) is 14.3. The van der Waals surface area contributed by atoms with E-state index in [1.807, 2.05) is 7.05 Å². The van der Waals surface area contributed by atoms with Crippen molar-refractivity contribution in [2.45, 2.75) is 31.8 Å². The van der Waals surface area contributed by atoms with Crippen LogP contribution < -0.4 is 10.2 Å². The van der Waals surface area contributed by atoms with Gasteiger partial charge in [0, 0.05) is 32.2 Å². The summed E-state index contributed by atoms with van der Waals surface area (Å²) in [5.74, 6) is 1.53. The van der Waals surface area contributed by atoms with Crippen LogP contribution in [0.1, 0.15) is 19.8 Å². The Morgan fingerprint density at radius 1 is 1.30 bits per heavy atom. The van der Waals surface area contributed by atoms with Crippen LogP contribution in [0.4, 0.5) is 11.6 Å². The van der Waals surface area contributed by atoms with E-state index in [1.165, 1.54) is 19.4 Å². The smallest absolute Gasteiger partial charge is 0.150 e. The number of aromatic nitrogens is 1. The summed E-state index contributed by atoms with van der Waals surface area (Å²) in [4.78, 5) is 9.52. The van der Waals surface area contributed by atoms with Gasteiger partial charge in [-0.15, -0.1) is 0 Å². The van der Waals surface area contributed by atoms with Crippen molar-refractivity contribution in [3.8, 4) is 0 Å². The van der Waals surface area contributed by atoms with Crippen molar-refractivity contribution in [2.75, 3.05) is 36.9 Å². The highest BCUT2D eigenvalue weighted by atomic mass is 35.5. The third kappa shape index (κ3) is 2.45. The van der Waals surface area contributed by atoms with E-state index >= 15 is 0 Å². The Hall–Kier alpha value is -0.710. The highest BCUT2D eigenvalue weighted by molar-refractivity contribution is 6.37. The first kappa shape index (κ1) is 14.2. The molecule has 0 aliphatic carbocycles. The minimum atomic E-state index is 0.417. The molecule has 2 fully saturated rings. The fourth-order valence-electron chi connectivity index (χ4n) is 3.32. The molecule has 0 saturated carbocycles. The lowest BCUT2D eigenvalue weighted by atomic mass is 10.1. The van der Waals surface area contributed by atoms with Gasteiger partial charge in [-0.1, -0.05) is 23.2 Å². The van der Waals surface area contributed by atoms with Gasteiger partial charge in [0.25, 0.3) is 0 Å². The van der Waals surface area contributed by atoms with Crippen molar-refractivity contribution in [3.63, 3.8) is 0 Å². The summed E-state index contributed by atoms with van der Waals surface area (Å²) in [6.45, 7) is 5.55. The van der Waals surface area contributed by atoms with Crippen molar-refractivity contribution in [1.29, 1.82) is 0 Å². The first-order valence-corrected chi connectivity index (χ1v) is 7.90. The molecule has 0 amide bonds. The maximum atomic E-state index is 6.37. The monoisotopic (exact) mass is 314 g/mol. The highest BCUT2D eigenvalue weighted by Crippen LogP contribution is 2.35. The fourth-order valence-corrected chi connectivity index (χ4v) is 3.88. The molecule has 2 atom stereocenters. The second kappa shape index (κ2) is 5.58. The van der Waals surface area contributed by atoms with Gasteiger partial charge in [0.2, 0.25) is 0 Å². The molecule has 20 heavy (non-hydrogen) atoms. The van der Waals surface area contributed by atoms with Gasteiger partial charge in [-0.2, -0.15) is 0 Å². The molecule has 2 aliphatic rings. The quantitative estimate of drug-likeness (QED) is 0.909. The number of nitrogens with zero attached hydrogens (tertiary/aromatic N) is 3. The Morgan fingerprint density at radius 3 is 2.85 bits per heavy atom. The fraction of sp³-hybridized carbons (Fsp3) is 0.643. The maximum Gasteiger partial charge on any atom is 0.150 e. The van der Waals surface area contributed by atoms with Crippen LogP contribution >= 0.6 is 23.2 Å². The summed E-state index contributed by atoms with van der Waals surface area (Å²) in [5, 5.41) is 4.22. The standard InChI is InChI=1S/C14H20Cl2N4/c1-9-7-19-5-3-4-10(19)8-20(9)14-12(16)6-11(15)13(17-2)18-14/h6,9-10H,3-5,7-8H2,1-2H3,(H,17,18). The van der Waals surface area contributed by atoms with Gasteiger partial charge >= 0.3 is 0 Å². The van der Waals surface area contributed by atoms with E-state index < -0.39 is 0 Å². The van der Waals surface area contributed by atoms with Crippen molar-refractivity contribution in [3.05, 3.63) is 16.1 Å². The molecule has 0 radical (unpaired) electrons. The number of pyridine rings is 1. The van der Waals surface area contributed by atoms with E-state index in [0.29, 0.717) is 27.9 Å². The molecule has 0 bridgehead atoms. The zero-order valence-electron chi connectivity index (χ0n) is 11.9. The van der Waals surface area contributed by atoms with Crippen LogP contribution in [-0.4, -0.2) is 48.6 Å². The van der Waals surface area contributed by atoms with Crippen LogP contribution in [0.2, 0.25) is 10.0 Å². The summed E-state index contributed by atoms with van der Waals surface area (Å²) >= 11 is 12.5. The molecule has 1 N–H and O–H groups in total. The Bertz CT molecular complexity index is 508. The van der Waals surface area contributed by atoms with Crippen molar-refractivity contribution < 1.29 is 0 Å². The number of piperazine rings is 1. The zero-order valence-corrected chi connectivity index (χ0v) is 13.4.